The summed E-state index contributed by atoms with van der Waals surface area (Å²) in [5.41, 5.74) is 2.86. The number of amides is 1. The normalized spacial score (nSPS) is 12.0. The summed E-state index contributed by atoms with van der Waals surface area (Å²) in [7, 11) is 1.58. The second-order valence-electron chi connectivity index (χ2n) is 6.24. The molecule has 0 spiro atoms. The van der Waals surface area contributed by atoms with Crippen LogP contribution in [0.25, 0.3) is 10.9 Å². The highest BCUT2D eigenvalue weighted by atomic mass is 16.6. The first-order chi connectivity index (χ1) is 13.1. The quantitative estimate of drug-likeness (QED) is 0.362. The fourth-order valence-electron chi connectivity index (χ4n) is 3.17. The zero-order valence-corrected chi connectivity index (χ0v) is 15.0. The number of aromatic nitrogens is 1. The number of rotatable bonds is 8. The maximum atomic E-state index is 12.4. The molecule has 0 fully saturated rings. The maximum Gasteiger partial charge on any atom is 0.269 e. The van der Waals surface area contributed by atoms with Gasteiger partial charge < -0.3 is 15.0 Å². The molecule has 1 unspecified atom stereocenters. The van der Waals surface area contributed by atoms with E-state index >= 15 is 0 Å². The predicted molar refractivity (Wildman–Crippen MR) is 103 cm³/mol. The number of carbonyl (C=O) groups excluding carboxylic acids is 1. The SMILES string of the molecule is COCCNC(=O)CC(c1ccc([N+](=O)[O-])cc1)c1c[nH]c2ccccc12. The minimum absolute atomic E-state index is 0.0287. The smallest absolute Gasteiger partial charge is 0.269 e. The Morgan fingerprint density at radius 1 is 1.22 bits per heavy atom. The summed E-state index contributed by atoms with van der Waals surface area (Å²) in [4.78, 5) is 26.2. The zero-order valence-electron chi connectivity index (χ0n) is 15.0. The number of nitrogens with one attached hydrogen (secondary N) is 2. The second-order valence-corrected chi connectivity index (χ2v) is 6.24. The Hall–Kier alpha value is -3.19. The van der Waals surface area contributed by atoms with Gasteiger partial charge in [-0.2, -0.15) is 0 Å². The van der Waals surface area contributed by atoms with Crippen LogP contribution in [0.15, 0.2) is 54.7 Å². The number of hydrogen-bond donors (Lipinski definition) is 2. The molecule has 0 aliphatic rings. The number of nitro groups is 1. The lowest BCUT2D eigenvalue weighted by Gasteiger charge is -2.17. The Labute approximate surface area is 156 Å². The lowest BCUT2D eigenvalue weighted by atomic mass is 9.88. The van der Waals surface area contributed by atoms with Crippen LogP contribution in [0.5, 0.6) is 0 Å². The molecule has 7 nitrogen and oxygen atoms in total. The average Bonchev–Trinajstić information content (AvgIpc) is 3.10. The molecule has 1 atom stereocenters. The number of nitro benzene ring substituents is 1. The monoisotopic (exact) mass is 367 g/mol. The molecule has 1 amide bonds. The van der Waals surface area contributed by atoms with Gasteiger partial charge in [0.25, 0.3) is 5.69 Å². The van der Waals surface area contributed by atoms with Gasteiger partial charge in [0, 0.05) is 55.2 Å². The summed E-state index contributed by atoms with van der Waals surface area (Å²) in [6.07, 6.45) is 2.14. The van der Waals surface area contributed by atoms with Crippen LogP contribution >= 0.6 is 0 Å². The highest BCUT2D eigenvalue weighted by Crippen LogP contribution is 2.34. The van der Waals surface area contributed by atoms with Crippen LogP contribution in [0, 0.1) is 10.1 Å². The first-order valence-electron chi connectivity index (χ1n) is 8.66. The van der Waals surface area contributed by atoms with Crippen molar-refractivity contribution < 1.29 is 14.5 Å². The van der Waals surface area contributed by atoms with E-state index in [9.17, 15) is 14.9 Å². The molecule has 1 heterocycles. The van der Waals surface area contributed by atoms with Crippen molar-refractivity contribution in [3.63, 3.8) is 0 Å². The molecule has 2 aromatic carbocycles. The third-order valence-electron chi connectivity index (χ3n) is 4.52. The Kier molecular flexibility index (Phi) is 5.83. The van der Waals surface area contributed by atoms with Gasteiger partial charge in [-0.25, -0.2) is 0 Å². The van der Waals surface area contributed by atoms with Gasteiger partial charge in [-0.3, -0.25) is 14.9 Å². The topological polar surface area (TPSA) is 97.3 Å². The molecule has 0 aliphatic heterocycles. The van der Waals surface area contributed by atoms with Gasteiger partial charge in [-0.1, -0.05) is 30.3 Å². The van der Waals surface area contributed by atoms with E-state index in [-0.39, 0.29) is 23.9 Å². The van der Waals surface area contributed by atoms with Gasteiger partial charge in [-0.05, 0) is 17.2 Å². The van der Waals surface area contributed by atoms with Crippen LogP contribution in [0.2, 0.25) is 0 Å². The van der Waals surface area contributed by atoms with Gasteiger partial charge in [0.15, 0.2) is 0 Å². The van der Waals surface area contributed by atoms with Crippen LogP contribution in [-0.4, -0.2) is 36.1 Å². The largest absolute Gasteiger partial charge is 0.383 e. The van der Waals surface area contributed by atoms with Crippen molar-refractivity contribution in [3.8, 4) is 0 Å². The number of carbonyl (C=O) groups is 1. The maximum absolute atomic E-state index is 12.4. The number of benzene rings is 2. The standard InChI is InChI=1S/C20H21N3O4/c1-27-11-10-21-20(24)12-17(14-6-8-15(9-7-14)23(25)26)18-13-22-19-5-3-2-4-16(18)19/h2-9,13,17,22H,10-12H2,1H3,(H,21,24). The lowest BCUT2D eigenvalue weighted by Crippen LogP contribution is -2.28. The molecule has 0 aliphatic carbocycles. The molecule has 0 saturated heterocycles. The molecular weight excluding hydrogens is 346 g/mol. The molecule has 0 radical (unpaired) electrons. The molecule has 7 heteroatoms. The Morgan fingerprint density at radius 2 is 1.96 bits per heavy atom. The van der Waals surface area contributed by atoms with Crippen LogP contribution in [0.4, 0.5) is 5.69 Å². The molecule has 1 aromatic heterocycles. The first kappa shape index (κ1) is 18.6. The molecule has 3 aromatic rings. The fraction of sp³-hybridized carbons (Fsp3) is 0.250. The van der Waals surface area contributed by atoms with Crippen molar-refractivity contribution in [2.24, 2.45) is 0 Å². The number of methoxy groups -OCH3 is 1. The molecular formula is C20H21N3O4. The van der Waals surface area contributed by atoms with E-state index in [1.165, 1.54) is 12.1 Å². The van der Waals surface area contributed by atoms with E-state index in [1.54, 1.807) is 19.2 Å². The number of H-pyrrole nitrogens is 1. The highest BCUT2D eigenvalue weighted by molar-refractivity contribution is 5.86. The van der Waals surface area contributed by atoms with Crippen molar-refractivity contribution in [2.45, 2.75) is 12.3 Å². The van der Waals surface area contributed by atoms with E-state index in [0.29, 0.717) is 13.2 Å². The number of non-ortho nitro benzene ring substituents is 1. The molecule has 140 valence electrons. The summed E-state index contributed by atoms with van der Waals surface area (Å²) in [5, 5.41) is 14.8. The van der Waals surface area contributed by atoms with Gasteiger partial charge in [0.05, 0.1) is 11.5 Å². The molecule has 3 rings (SSSR count). The number of fused-ring (bicyclic) bond motifs is 1. The van der Waals surface area contributed by atoms with E-state index < -0.39 is 4.92 Å². The molecule has 2 N–H and O–H groups in total. The van der Waals surface area contributed by atoms with Crippen molar-refractivity contribution in [1.29, 1.82) is 0 Å². The first-order valence-corrected chi connectivity index (χ1v) is 8.66. The van der Waals surface area contributed by atoms with Crippen molar-refractivity contribution in [1.82, 2.24) is 10.3 Å². The van der Waals surface area contributed by atoms with Crippen molar-refractivity contribution >= 4 is 22.5 Å². The molecule has 27 heavy (non-hydrogen) atoms. The van der Waals surface area contributed by atoms with E-state index in [1.807, 2.05) is 30.5 Å². The third-order valence-corrected chi connectivity index (χ3v) is 4.52. The van der Waals surface area contributed by atoms with Crippen LogP contribution in [0.3, 0.4) is 0 Å². The zero-order chi connectivity index (χ0) is 19.2. The summed E-state index contributed by atoms with van der Waals surface area (Å²) in [6.45, 7) is 0.886. The van der Waals surface area contributed by atoms with E-state index in [4.69, 9.17) is 4.74 Å². The van der Waals surface area contributed by atoms with E-state index in [0.717, 1.165) is 22.0 Å². The summed E-state index contributed by atoms with van der Waals surface area (Å²) in [6, 6.07) is 14.2. The van der Waals surface area contributed by atoms with Crippen molar-refractivity contribution in [3.05, 3.63) is 76.0 Å². The fourth-order valence-corrected chi connectivity index (χ4v) is 3.17. The number of nitrogens with zero attached hydrogens (tertiary/aromatic N) is 1. The molecule has 0 bridgehead atoms. The summed E-state index contributed by atoms with van der Waals surface area (Å²) in [5.74, 6) is -0.315. The average molecular weight is 367 g/mol. The summed E-state index contributed by atoms with van der Waals surface area (Å²) >= 11 is 0. The minimum atomic E-state index is -0.429. The number of aromatic amines is 1. The number of ether oxygens (including phenoxy) is 1. The Morgan fingerprint density at radius 3 is 2.67 bits per heavy atom. The lowest BCUT2D eigenvalue weighted by molar-refractivity contribution is -0.384. The van der Waals surface area contributed by atoms with Gasteiger partial charge >= 0.3 is 0 Å². The Bertz CT molecular complexity index is 934. The van der Waals surface area contributed by atoms with Gasteiger partial charge in [0.2, 0.25) is 5.91 Å². The third kappa shape index (κ3) is 4.32. The van der Waals surface area contributed by atoms with Gasteiger partial charge in [0.1, 0.15) is 0 Å². The second kappa shape index (κ2) is 8.46. The van der Waals surface area contributed by atoms with Gasteiger partial charge in [-0.15, -0.1) is 0 Å². The van der Waals surface area contributed by atoms with E-state index in [2.05, 4.69) is 10.3 Å². The Balaban J connectivity index is 1.93. The minimum Gasteiger partial charge on any atom is -0.383 e. The molecule has 0 saturated carbocycles. The van der Waals surface area contributed by atoms with Crippen LogP contribution in [0.1, 0.15) is 23.5 Å². The van der Waals surface area contributed by atoms with Crippen molar-refractivity contribution in [2.75, 3.05) is 20.3 Å². The predicted octanol–water partition coefficient (Wildman–Crippen LogP) is 3.36. The number of para-hydroxylation sites is 1. The van der Waals surface area contributed by atoms with Crippen LogP contribution < -0.4 is 5.32 Å². The summed E-state index contributed by atoms with van der Waals surface area (Å²) < 4.78 is 4.96. The van der Waals surface area contributed by atoms with Crippen LogP contribution in [-0.2, 0) is 9.53 Å². The number of hydrogen-bond acceptors (Lipinski definition) is 4. The highest BCUT2D eigenvalue weighted by Gasteiger charge is 2.22.